The highest BCUT2D eigenvalue weighted by atomic mass is 17.5. The van der Waals surface area contributed by atoms with E-state index in [2.05, 4.69) is 14.8 Å². The predicted octanol–water partition coefficient (Wildman–Crippen LogP) is 1.08. The van der Waals surface area contributed by atoms with Crippen molar-refractivity contribution in [3.8, 4) is 5.75 Å². The fraction of sp³-hybridized carbons (Fsp3) is 0. The molecule has 0 unspecified atom stereocenters. The van der Waals surface area contributed by atoms with Crippen LogP contribution < -0.4 is 4.89 Å². The normalized spacial score (nSPS) is 14.7. The molecule has 56 valence electrons. The van der Waals surface area contributed by atoms with Gasteiger partial charge in [0.15, 0.2) is 5.75 Å². The number of carbonyl (C=O) groups is 1. The van der Waals surface area contributed by atoms with Crippen molar-refractivity contribution in [2.24, 2.45) is 0 Å². The zero-order chi connectivity index (χ0) is 7.68. The van der Waals surface area contributed by atoms with E-state index in [-0.39, 0.29) is 0 Å². The molecular weight excluding hydrogens is 148 g/mol. The molecule has 4 nitrogen and oxygen atoms in total. The van der Waals surface area contributed by atoms with Crippen LogP contribution in [0.1, 0.15) is 10.4 Å². The van der Waals surface area contributed by atoms with Gasteiger partial charge >= 0.3 is 5.97 Å². The number of carbonyl (C=O) groups excluding carboxylic acids is 1. The summed E-state index contributed by atoms with van der Waals surface area (Å²) in [6.07, 6.45) is 0. The Kier molecular flexibility index (Phi) is 1.26. The van der Waals surface area contributed by atoms with Crippen molar-refractivity contribution in [1.82, 2.24) is 0 Å². The van der Waals surface area contributed by atoms with E-state index in [4.69, 9.17) is 0 Å². The van der Waals surface area contributed by atoms with Gasteiger partial charge in [0.05, 0.1) is 0 Å². The number of fused-ring (bicyclic) bond motifs is 1. The molecule has 0 radical (unpaired) electrons. The van der Waals surface area contributed by atoms with Gasteiger partial charge in [-0.1, -0.05) is 12.1 Å². The molecule has 4 heteroatoms. The van der Waals surface area contributed by atoms with Crippen LogP contribution in [0.25, 0.3) is 0 Å². The Morgan fingerprint density at radius 3 is 2.73 bits per heavy atom. The Bertz CT molecular complexity index is 294. The zero-order valence-electron chi connectivity index (χ0n) is 5.44. The van der Waals surface area contributed by atoms with Crippen LogP contribution in [-0.4, -0.2) is 5.97 Å². The van der Waals surface area contributed by atoms with Crippen molar-refractivity contribution in [3.63, 3.8) is 0 Å². The maximum atomic E-state index is 10.9. The SMILES string of the molecule is O=C1OOOc2ccccc21. The Hall–Kier alpha value is -1.55. The standard InChI is InChI=1S/C7H4O4/c8-7-5-3-1-2-4-6(5)9-11-10-7/h1-4H. The molecule has 1 heterocycles. The summed E-state index contributed by atoms with van der Waals surface area (Å²) in [7, 11) is 0. The fourth-order valence-corrected chi connectivity index (χ4v) is 0.837. The van der Waals surface area contributed by atoms with Gasteiger partial charge in [-0.2, -0.15) is 0 Å². The Balaban J connectivity index is 2.52. The fourth-order valence-electron chi connectivity index (χ4n) is 0.837. The number of para-hydroxylation sites is 1. The van der Waals surface area contributed by atoms with E-state index in [1.165, 1.54) is 0 Å². The van der Waals surface area contributed by atoms with Crippen molar-refractivity contribution < 1.29 is 19.6 Å². The first-order valence-electron chi connectivity index (χ1n) is 3.02. The highest BCUT2D eigenvalue weighted by Crippen LogP contribution is 2.22. The van der Waals surface area contributed by atoms with E-state index in [9.17, 15) is 4.79 Å². The largest absolute Gasteiger partial charge is 0.381 e. The minimum absolute atomic E-state index is 0.374. The van der Waals surface area contributed by atoms with Crippen LogP contribution in [0.15, 0.2) is 24.3 Å². The minimum Gasteiger partial charge on any atom is -0.298 e. The molecule has 11 heavy (non-hydrogen) atoms. The second kappa shape index (κ2) is 2.25. The number of hydrogen-bond donors (Lipinski definition) is 0. The monoisotopic (exact) mass is 152 g/mol. The molecule has 0 atom stereocenters. The molecule has 1 aromatic carbocycles. The van der Waals surface area contributed by atoms with E-state index in [1.54, 1.807) is 24.3 Å². The van der Waals surface area contributed by atoms with Crippen molar-refractivity contribution in [2.75, 3.05) is 0 Å². The maximum Gasteiger partial charge on any atom is 0.381 e. The Labute approximate surface area is 62.2 Å². The molecular formula is C7H4O4. The van der Waals surface area contributed by atoms with E-state index in [1.807, 2.05) is 0 Å². The van der Waals surface area contributed by atoms with Crippen molar-refractivity contribution >= 4 is 5.97 Å². The molecule has 0 aromatic heterocycles. The Morgan fingerprint density at radius 2 is 1.91 bits per heavy atom. The first kappa shape index (κ1) is 6.18. The second-order valence-corrected chi connectivity index (χ2v) is 2.02. The van der Waals surface area contributed by atoms with Crippen LogP contribution in [0.5, 0.6) is 5.75 Å². The van der Waals surface area contributed by atoms with E-state index < -0.39 is 5.97 Å². The molecule has 2 rings (SSSR count). The lowest BCUT2D eigenvalue weighted by molar-refractivity contribution is -0.435. The summed E-state index contributed by atoms with van der Waals surface area (Å²) in [5.41, 5.74) is 0.374. The second-order valence-electron chi connectivity index (χ2n) is 2.02. The van der Waals surface area contributed by atoms with Gasteiger partial charge < -0.3 is 0 Å². The topological polar surface area (TPSA) is 44.8 Å². The first-order chi connectivity index (χ1) is 5.38. The summed E-state index contributed by atoms with van der Waals surface area (Å²) < 4.78 is 0. The molecule has 0 fully saturated rings. The van der Waals surface area contributed by atoms with Crippen LogP contribution in [0.3, 0.4) is 0 Å². The van der Waals surface area contributed by atoms with Crippen LogP contribution >= 0.6 is 0 Å². The minimum atomic E-state index is -0.535. The molecule has 0 spiro atoms. The number of hydrogen-bond acceptors (Lipinski definition) is 4. The summed E-state index contributed by atoms with van der Waals surface area (Å²) in [5, 5.41) is 4.06. The molecule has 0 aliphatic carbocycles. The van der Waals surface area contributed by atoms with E-state index >= 15 is 0 Å². The predicted molar refractivity (Wildman–Crippen MR) is 33.6 cm³/mol. The third kappa shape index (κ3) is 0.929. The molecule has 0 amide bonds. The third-order valence-electron chi connectivity index (χ3n) is 1.34. The lowest BCUT2D eigenvalue weighted by Crippen LogP contribution is -2.15. The maximum absolute atomic E-state index is 10.9. The highest BCUT2D eigenvalue weighted by Gasteiger charge is 2.20. The van der Waals surface area contributed by atoms with Gasteiger partial charge in [-0.25, -0.2) is 4.79 Å². The average Bonchev–Trinajstić information content (AvgIpc) is 2.06. The first-order valence-corrected chi connectivity index (χ1v) is 3.02. The molecule has 0 saturated heterocycles. The van der Waals surface area contributed by atoms with Gasteiger partial charge in [0.25, 0.3) is 0 Å². The smallest absolute Gasteiger partial charge is 0.298 e. The van der Waals surface area contributed by atoms with Gasteiger partial charge in [-0.05, 0) is 12.1 Å². The van der Waals surface area contributed by atoms with Gasteiger partial charge in [0.1, 0.15) is 5.56 Å². The quantitative estimate of drug-likeness (QED) is 0.522. The van der Waals surface area contributed by atoms with Crippen molar-refractivity contribution in [2.45, 2.75) is 0 Å². The summed E-state index contributed by atoms with van der Waals surface area (Å²) in [6.45, 7) is 0. The summed E-state index contributed by atoms with van der Waals surface area (Å²) >= 11 is 0. The van der Waals surface area contributed by atoms with Crippen LogP contribution in [-0.2, 0) is 9.93 Å². The number of rotatable bonds is 0. The molecule has 0 bridgehead atoms. The van der Waals surface area contributed by atoms with Gasteiger partial charge in [0, 0.05) is 5.04 Å². The lowest BCUT2D eigenvalue weighted by Gasteiger charge is -2.11. The lowest BCUT2D eigenvalue weighted by atomic mass is 10.2. The van der Waals surface area contributed by atoms with Crippen LogP contribution in [0, 0.1) is 0 Å². The average molecular weight is 152 g/mol. The van der Waals surface area contributed by atoms with Gasteiger partial charge in [-0.3, -0.25) is 9.78 Å². The van der Waals surface area contributed by atoms with Crippen LogP contribution in [0.2, 0.25) is 0 Å². The summed E-state index contributed by atoms with van der Waals surface area (Å²) in [6, 6.07) is 6.67. The molecule has 0 saturated carbocycles. The zero-order valence-corrected chi connectivity index (χ0v) is 5.44. The van der Waals surface area contributed by atoms with Crippen molar-refractivity contribution in [3.05, 3.63) is 29.8 Å². The summed E-state index contributed by atoms with van der Waals surface area (Å²) in [4.78, 5) is 19.6. The Morgan fingerprint density at radius 1 is 1.09 bits per heavy atom. The van der Waals surface area contributed by atoms with Gasteiger partial charge in [0.2, 0.25) is 0 Å². The van der Waals surface area contributed by atoms with E-state index in [0.717, 1.165) is 0 Å². The van der Waals surface area contributed by atoms with Crippen LogP contribution in [0.4, 0.5) is 0 Å². The summed E-state index contributed by atoms with van der Waals surface area (Å²) in [5.74, 6) is -0.157. The molecule has 0 N–H and O–H groups in total. The molecule has 1 aliphatic heterocycles. The molecule has 1 aliphatic rings. The third-order valence-corrected chi connectivity index (χ3v) is 1.34. The van der Waals surface area contributed by atoms with Gasteiger partial charge in [-0.15, -0.1) is 0 Å². The number of benzene rings is 1. The molecule has 1 aromatic rings. The van der Waals surface area contributed by atoms with Crippen molar-refractivity contribution in [1.29, 1.82) is 0 Å². The van der Waals surface area contributed by atoms with E-state index in [0.29, 0.717) is 11.3 Å². The highest BCUT2D eigenvalue weighted by molar-refractivity contribution is 5.92.